The zero-order chi connectivity index (χ0) is 17.8. The van der Waals surface area contributed by atoms with Gasteiger partial charge < -0.3 is 14.2 Å². The number of benzene rings is 2. The topological polar surface area (TPSA) is 57.1 Å². The number of esters is 1. The van der Waals surface area contributed by atoms with E-state index in [-0.39, 0.29) is 11.6 Å². The number of methoxy groups -OCH3 is 1. The van der Waals surface area contributed by atoms with Crippen molar-refractivity contribution in [3.63, 3.8) is 0 Å². The first-order valence-electron chi connectivity index (χ1n) is 7.70. The van der Waals surface area contributed by atoms with Crippen LogP contribution < -0.4 is 9.47 Å². The first-order chi connectivity index (χ1) is 12.1. The molecule has 0 bridgehead atoms. The smallest absolute Gasteiger partial charge is 0.363 e. The van der Waals surface area contributed by atoms with Gasteiger partial charge in [0.2, 0.25) is 5.90 Å². The van der Waals surface area contributed by atoms with Crippen molar-refractivity contribution in [2.24, 2.45) is 4.99 Å². The molecule has 0 saturated heterocycles. The molecule has 0 fully saturated rings. The lowest BCUT2D eigenvalue weighted by Crippen LogP contribution is -2.05. The Morgan fingerprint density at radius 2 is 2.04 bits per heavy atom. The van der Waals surface area contributed by atoms with Crippen LogP contribution in [-0.4, -0.2) is 25.6 Å². The summed E-state index contributed by atoms with van der Waals surface area (Å²) in [5, 5.41) is 0.546. The van der Waals surface area contributed by atoms with Crippen LogP contribution in [0.4, 0.5) is 0 Å². The maximum atomic E-state index is 12.1. The van der Waals surface area contributed by atoms with Gasteiger partial charge in [-0.2, -0.15) is 0 Å². The van der Waals surface area contributed by atoms with Gasteiger partial charge in [0.15, 0.2) is 17.2 Å². The van der Waals surface area contributed by atoms with Gasteiger partial charge in [-0.25, -0.2) is 9.79 Å². The molecular weight excluding hydrogens is 342 g/mol. The van der Waals surface area contributed by atoms with Gasteiger partial charge >= 0.3 is 5.97 Å². The molecule has 0 radical (unpaired) electrons. The molecule has 0 amide bonds. The highest BCUT2D eigenvalue weighted by Crippen LogP contribution is 2.29. The average Bonchev–Trinajstić information content (AvgIpc) is 2.97. The van der Waals surface area contributed by atoms with Crippen LogP contribution in [0.3, 0.4) is 0 Å². The Morgan fingerprint density at radius 3 is 2.76 bits per heavy atom. The van der Waals surface area contributed by atoms with Crippen LogP contribution in [0, 0.1) is 0 Å². The van der Waals surface area contributed by atoms with Crippen LogP contribution in [0.25, 0.3) is 6.08 Å². The lowest BCUT2D eigenvalue weighted by molar-refractivity contribution is -0.129. The Labute approximate surface area is 150 Å². The largest absolute Gasteiger partial charge is 0.493 e. The number of ether oxygens (including phenoxy) is 3. The molecule has 3 rings (SSSR count). The van der Waals surface area contributed by atoms with E-state index in [9.17, 15) is 4.79 Å². The molecule has 0 atom stereocenters. The predicted octanol–water partition coefficient (Wildman–Crippen LogP) is 4.09. The molecule has 1 aliphatic rings. The Kier molecular flexibility index (Phi) is 5.05. The molecule has 128 valence electrons. The van der Waals surface area contributed by atoms with Gasteiger partial charge in [-0.3, -0.25) is 0 Å². The molecule has 0 spiro atoms. The molecule has 5 nitrogen and oxygen atoms in total. The van der Waals surface area contributed by atoms with Gasteiger partial charge in [-0.15, -0.1) is 0 Å². The van der Waals surface area contributed by atoms with Crippen molar-refractivity contribution >= 4 is 29.5 Å². The second-order valence-electron chi connectivity index (χ2n) is 5.19. The highest BCUT2D eigenvalue weighted by Gasteiger charge is 2.24. The third-order valence-electron chi connectivity index (χ3n) is 3.48. The molecule has 1 aliphatic heterocycles. The number of cyclic esters (lactones) is 1. The van der Waals surface area contributed by atoms with E-state index in [1.807, 2.05) is 13.0 Å². The van der Waals surface area contributed by atoms with Gasteiger partial charge in [0, 0.05) is 10.6 Å². The third-order valence-corrected chi connectivity index (χ3v) is 3.72. The lowest BCUT2D eigenvalue weighted by Gasteiger charge is -2.09. The van der Waals surface area contributed by atoms with Crippen molar-refractivity contribution in [1.29, 1.82) is 0 Å². The number of halogens is 1. The number of aliphatic imine (C=N–C) groups is 1. The molecule has 0 N–H and O–H groups in total. The minimum Gasteiger partial charge on any atom is -0.493 e. The summed E-state index contributed by atoms with van der Waals surface area (Å²) in [6.45, 7) is 2.44. The summed E-state index contributed by atoms with van der Waals surface area (Å²) in [7, 11) is 1.56. The van der Waals surface area contributed by atoms with E-state index in [4.69, 9.17) is 25.8 Å². The summed E-state index contributed by atoms with van der Waals surface area (Å²) in [6, 6.07) is 12.4. The van der Waals surface area contributed by atoms with Gasteiger partial charge in [-0.1, -0.05) is 23.7 Å². The Bertz CT molecular complexity index is 873. The Hall–Kier alpha value is -2.79. The minimum absolute atomic E-state index is 0.209. The fraction of sp³-hybridized carbons (Fsp3) is 0.158. The standard InChI is InChI=1S/C19H16ClNO4/c1-3-24-16-8-7-12(10-17(16)23-2)9-15-19(22)25-18(21-15)13-5-4-6-14(20)11-13/h4-11H,3H2,1-2H3/b15-9+. The maximum Gasteiger partial charge on any atom is 0.363 e. The van der Waals surface area contributed by atoms with Crippen molar-refractivity contribution in [2.45, 2.75) is 6.92 Å². The zero-order valence-corrected chi connectivity index (χ0v) is 14.5. The summed E-state index contributed by atoms with van der Waals surface area (Å²) in [5.41, 5.74) is 1.61. The number of carbonyl (C=O) groups is 1. The molecule has 25 heavy (non-hydrogen) atoms. The van der Waals surface area contributed by atoms with Gasteiger partial charge in [0.1, 0.15) is 0 Å². The van der Waals surface area contributed by atoms with Crippen LogP contribution in [-0.2, 0) is 9.53 Å². The van der Waals surface area contributed by atoms with Crippen LogP contribution in [0.5, 0.6) is 11.5 Å². The van der Waals surface area contributed by atoms with E-state index in [0.29, 0.717) is 28.7 Å². The lowest BCUT2D eigenvalue weighted by atomic mass is 10.1. The molecule has 0 saturated carbocycles. The maximum absolute atomic E-state index is 12.1. The highest BCUT2D eigenvalue weighted by molar-refractivity contribution is 6.31. The number of hydrogen-bond acceptors (Lipinski definition) is 5. The van der Waals surface area contributed by atoms with Crippen molar-refractivity contribution in [3.8, 4) is 11.5 Å². The van der Waals surface area contributed by atoms with Crippen LogP contribution >= 0.6 is 11.6 Å². The molecular formula is C19H16ClNO4. The van der Waals surface area contributed by atoms with Crippen LogP contribution in [0.2, 0.25) is 5.02 Å². The van der Waals surface area contributed by atoms with E-state index in [1.54, 1.807) is 49.6 Å². The first kappa shape index (κ1) is 17.0. The Balaban J connectivity index is 1.91. The van der Waals surface area contributed by atoms with E-state index < -0.39 is 5.97 Å². The fourth-order valence-corrected chi connectivity index (χ4v) is 2.55. The molecule has 6 heteroatoms. The van der Waals surface area contributed by atoms with E-state index in [2.05, 4.69) is 4.99 Å². The summed E-state index contributed by atoms with van der Waals surface area (Å²) in [6.07, 6.45) is 1.64. The third kappa shape index (κ3) is 3.83. The first-order valence-corrected chi connectivity index (χ1v) is 8.08. The predicted molar refractivity (Wildman–Crippen MR) is 96.2 cm³/mol. The van der Waals surface area contributed by atoms with Gasteiger partial charge in [0.05, 0.1) is 13.7 Å². The van der Waals surface area contributed by atoms with Gasteiger partial charge in [0.25, 0.3) is 0 Å². The van der Waals surface area contributed by atoms with E-state index in [0.717, 1.165) is 5.56 Å². The summed E-state index contributed by atoms with van der Waals surface area (Å²) < 4.78 is 16.0. The van der Waals surface area contributed by atoms with Crippen LogP contribution in [0.1, 0.15) is 18.1 Å². The molecule has 0 aromatic heterocycles. The number of nitrogens with zero attached hydrogens (tertiary/aromatic N) is 1. The van der Waals surface area contributed by atoms with E-state index >= 15 is 0 Å². The van der Waals surface area contributed by atoms with Crippen molar-refractivity contribution in [3.05, 3.63) is 64.3 Å². The summed E-state index contributed by atoms with van der Waals surface area (Å²) in [5.74, 6) is 0.949. The second kappa shape index (κ2) is 7.40. The fourth-order valence-electron chi connectivity index (χ4n) is 2.36. The van der Waals surface area contributed by atoms with Gasteiger partial charge in [-0.05, 0) is 48.9 Å². The van der Waals surface area contributed by atoms with Crippen molar-refractivity contribution in [2.75, 3.05) is 13.7 Å². The molecule has 1 heterocycles. The normalized spacial score (nSPS) is 15.1. The molecule has 2 aromatic rings. The number of rotatable bonds is 5. The van der Waals surface area contributed by atoms with Crippen molar-refractivity contribution in [1.82, 2.24) is 0 Å². The summed E-state index contributed by atoms with van der Waals surface area (Å²) >= 11 is 5.96. The SMILES string of the molecule is CCOc1ccc(/C=C2/N=C(c3cccc(Cl)c3)OC2=O)cc1OC. The Morgan fingerprint density at radius 1 is 1.20 bits per heavy atom. The molecule has 0 aliphatic carbocycles. The summed E-state index contributed by atoms with van der Waals surface area (Å²) in [4.78, 5) is 16.3. The quantitative estimate of drug-likeness (QED) is 0.597. The molecule has 0 unspecified atom stereocenters. The number of hydrogen-bond donors (Lipinski definition) is 0. The van der Waals surface area contributed by atoms with Crippen LogP contribution in [0.15, 0.2) is 53.2 Å². The van der Waals surface area contributed by atoms with E-state index in [1.165, 1.54) is 0 Å². The second-order valence-corrected chi connectivity index (χ2v) is 5.63. The minimum atomic E-state index is -0.511. The zero-order valence-electron chi connectivity index (χ0n) is 13.8. The average molecular weight is 358 g/mol. The number of carbonyl (C=O) groups excluding carboxylic acids is 1. The highest BCUT2D eigenvalue weighted by atomic mass is 35.5. The molecule has 2 aromatic carbocycles. The van der Waals surface area contributed by atoms with Crippen molar-refractivity contribution < 1.29 is 19.0 Å². The monoisotopic (exact) mass is 357 g/mol.